The predicted octanol–water partition coefficient (Wildman–Crippen LogP) is 2.81. The molecule has 0 spiro atoms. The SMILES string of the molecule is CC(C)(C)n1nc2cc1Nc1cccc(n1)C(=O)NOCCNC(=O)O[C@@H]1CCC2C1. The zero-order chi connectivity index (χ0) is 22.0. The first kappa shape index (κ1) is 21.1. The Bertz CT molecular complexity index is 967. The van der Waals surface area contributed by atoms with Crippen LogP contribution in [0, 0.1) is 0 Å². The normalized spacial score (nSPS) is 22.4. The molecule has 1 unspecified atom stereocenters. The highest BCUT2D eigenvalue weighted by Gasteiger charge is 2.32. The number of ether oxygens (including phenoxy) is 1. The van der Waals surface area contributed by atoms with Gasteiger partial charge in [-0.25, -0.2) is 19.9 Å². The minimum atomic E-state index is -0.487. The van der Waals surface area contributed by atoms with Gasteiger partial charge in [0.05, 0.1) is 17.8 Å². The molecule has 0 aromatic carbocycles. The molecule has 0 saturated heterocycles. The Labute approximate surface area is 180 Å². The summed E-state index contributed by atoms with van der Waals surface area (Å²) >= 11 is 0. The maximum atomic E-state index is 12.3. The van der Waals surface area contributed by atoms with Crippen LogP contribution in [0.25, 0.3) is 0 Å². The molecule has 10 heteroatoms. The Kier molecular flexibility index (Phi) is 5.81. The maximum absolute atomic E-state index is 12.3. The molecule has 4 rings (SSSR count). The third-order valence-electron chi connectivity index (χ3n) is 5.32. The van der Waals surface area contributed by atoms with Gasteiger partial charge < -0.3 is 15.4 Å². The lowest BCUT2D eigenvalue weighted by atomic mass is 10.0. The van der Waals surface area contributed by atoms with Gasteiger partial charge in [0.1, 0.15) is 23.4 Å². The summed E-state index contributed by atoms with van der Waals surface area (Å²) in [4.78, 5) is 33.9. The number of hydrogen-bond acceptors (Lipinski definition) is 7. The van der Waals surface area contributed by atoms with Crippen molar-refractivity contribution in [3.8, 4) is 0 Å². The van der Waals surface area contributed by atoms with Crippen LogP contribution in [0.1, 0.15) is 62.1 Å². The number of hydroxylamine groups is 1. The molecule has 3 heterocycles. The highest BCUT2D eigenvalue weighted by atomic mass is 16.7. The molecule has 10 nitrogen and oxygen atoms in total. The fourth-order valence-electron chi connectivity index (χ4n) is 3.84. The van der Waals surface area contributed by atoms with Gasteiger partial charge >= 0.3 is 6.09 Å². The molecule has 1 aliphatic carbocycles. The van der Waals surface area contributed by atoms with Gasteiger partial charge in [-0.3, -0.25) is 9.63 Å². The van der Waals surface area contributed by atoms with E-state index in [-0.39, 0.29) is 36.4 Å². The van der Waals surface area contributed by atoms with E-state index in [1.54, 1.807) is 18.2 Å². The second-order valence-electron chi connectivity index (χ2n) is 8.81. The summed E-state index contributed by atoms with van der Waals surface area (Å²) in [5.41, 5.74) is 3.23. The van der Waals surface area contributed by atoms with Gasteiger partial charge in [0.2, 0.25) is 0 Å². The van der Waals surface area contributed by atoms with Crippen molar-refractivity contribution >= 4 is 23.6 Å². The summed E-state index contributed by atoms with van der Waals surface area (Å²) in [7, 11) is 0. The van der Waals surface area contributed by atoms with Gasteiger partial charge in [-0.15, -0.1) is 0 Å². The summed E-state index contributed by atoms with van der Waals surface area (Å²) in [5.74, 6) is 1.04. The Balaban J connectivity index is 1.67. The summed E-state index contributed by atoms with van der Waals surface area (Å²) in [6.45, 7) is 6.54. The Morgan fingerprint density at radius 1 is 1.19 bits per heavy atom. The number of rotatable bonds is 0. The number of carbonyl (C=O) groups excluding carboxylic acids is 2. The zero-order valence-corrected chi connectivity index (χ0v) is 18.0. The molecule has 1 saturated carbocycles. The maximum Gasteiger partial charge on any atom is 0.407 e. The van der Waals surface area contributed by atoms with Crippen molar-refractivity contribution in [1.82, 2.24) is 25.6 Å². The lowest BCUT2D eigenvalue weighted by Gasteiger charge is -2.22. The Morgan fingerprint density at radius 3 is 2.84 bits per heavy atom. The number of carbonyl (C=O) groups is 2. The largest absolute Gasteiger partial charge is 0.446 e. The summed E-state index contributed by atoms with van der Waals surface area (Å²) < 4.78 is 7.46. The van der Waals surface area contributed by atoms with E-state index in [1.807, 2.05) is 10.7 Å². The smallest absolute Gasteiger partial charge is 0.407 e. The van der Waals surface area contributed by atoms with Crippen molar-refractivity contribution in [3.05, 3.63) is 35.7 Å². The molecule has 3 N–H and O–H groups in total. The quantitative estimate of drug-likeness (QED) is 0.590. The van der Waals surface area contributed by atoms with Crippen LogP contribution in [0.4, 0.5) is 16.4 Å². The van der Waals surface area contributed by atoms with E-state index in [1.165, 1.54) is 0 Å². The van der Waals surface area contributed by atoms with E-state index in [0.29, 0.717) is 5.82 Å². The van der Waals surface area contributed by atoms with Crippen LogP contribution in [0.5, 0.6) is 0 Å². The van der Waals surface area contributed by atoms with Crippen molar-refractivity contribution in [2.24, 2.45) is 0 Å². The number of hydrogen-bond donors (Lipinski definition) is 3. The van der Waals surface area contributed by atoms with Gasteiger partial charge in [0, 0.05) is 18.5 Å². The topological polar surface area (TPSA) is 119 Å². The van der Waals surface area contributed by atoms with Crippen molar-refractivity contribution in [2.75, 3.05) is 18.5 Å². The highest BCUT2D eigenvalue weighted by molar-refractivity contribution is 5.91. The second-order valence-corrected chi connectivity index (χ2v) is 8.81. The molecular formula is C21H28N6O4. The van der Waals surface area contributed by atoms with E-state index in [2.05, 4.69) is 41.9 Å². The number of amides is 2. The minimum Gasteiger partial charge on any atom is -0.446 e. The summed E-state index contributed by atoms with van der Waals surface area (Å²) in [5, 5.41) is 10.8. The van der Waals surface area contributed by atoms with Crippen molar-refractivity contribution < 1.29 is 19.2 Å². The van der Waals surface area contributed by atoms with E-state index in [4.69, 9.17) is 14.7 Å². The van der Waals surface area contributed by atoms with Crippen LogP contribution in [0.3, 0.4) is 0 Å². The molecule has 31 heavy (non-hydrogen) atoms. The molecule has 1 aliphatic heterocycles. The first-order valence-electron chi connectivity index (χ1n) is 10.5. The fraction of sp³-hybridized carbons (Fsp3) is 0.524. The zero-order valence-electron chi connectivity index (χ0n) is 18.0. The molecule has 2 aromatic heterocycles. The van der Waals surface area contributed by atoms with Crippen molar-refractivity contribution in [1.29, 1.82) is 0 Å². The van der Waals surface area contributed by atoms with Crippen LogP contribution < -0.4 is 16.1 Å². The standard InChI is InChI=1S/C21H28N6O4/c1-21(2,3)27-18-12-16(25-27)13-7-8-14(11-13)31-20(29)22-9-10-30-26-19(28)15-5-4-6-17(23-15)24-18/h4-6,12-14H,7-11H2,1-3H3,(H,22,29)(H,23,24)(H,26,28)/t13?,14-/m1/s1. The fourth-order valence-corrected chi connectivity index (χ4v) is 3.84. The molecule has 2 aliphatic rings. The number of nitrogens with one attached hydrogen (secondary N) is 3. The number of nitrogens with zero attached hydrogens (tertiary/aromatic N) is 3. The van der Waals surface area contributed by atoms with Gasteiger partial charge in [0.15, 0.2) is 0 Å². The number of aromatic nitrogens is 3. The van der Waals surface area contributed by atoms with E-state index < -0.39 is 12.0 Å². The molecule has 6 bridgehead atoms. The molecule has 2 amide bonds. The third kappa shape index (κ3) is 4.96. The van der Waals surface area contributed by atoms with Crippen LogP contribution in [-0.4, -0.2) is 46.0 Å². The number of anilines is 2. The highest BCUT2D eigenvalue weighted by Crippen LogP contribution is 2.37. The van der Waals surface area contributed by atoms with E-state index in [0.717, 1.165) is 30.8 Å². The molecule has 1 fully saturated rings. The Hall–Kier alpha value is -3.14. The van der Waals surface area contributed by atoms with Crippen molar-refractivity contribution in [3.63, 3.8) is 0 Å². The van der Waals surface area contributed by atoms with Gasteiger partial charge in [-0.1, -0.05) is 6.07 Å². The molecular weight excluding hydrogens is 400 g/mol. The van der Waals surface area contributed by atoms with E-state index >= 15 is 0 Å². The lowest BCUT2D eigenvalue weighted by molar-refractivity contribution is 0.0310. The first-order valence-corrected chi connectivity index (χ1v) is 10.5. The molecule has 0 radical (unpaired) electrons. The summed E-state index contributed by atoms with van der Waals surface area (Å²) in [6.07, 6.45) is 1.78. The lowest BCUT2D eigenvalue weighted by Crippen LogP contribution is -2.33. The van der Waals surface area contributed by atoms with Gasteiger partial charge in [-0.05, 0) is 52.2 Å². The monoisotopic (exact) mass is 428 g/mol. The van der Waals surface area contributed by atoms with Crippen molar-refractivity contribution in [2.45, 2.75) is 57.6 Å². The minimum absolute atomic E-state index is 0.107. The molecule has 2 atom stereocenters. The Morgan fingerprint density at radius 2 is 2.03 bits per heavy atom. The second kappa shape index (κ2) is 8.54. The van der Waals surface area contributed by atoms with Crippen LogP contribution in [0.15, 0.2) is 24.3 Å². The average molecular weight is 428 g/mol. The van der Waals surface area contributed by atoms with Crippen LogP contribution in [-0.2, 0) is 15.1 Å². The van der Waals surface area contributed by atoms with Gasteiger partial charge in [0.25, 0.3) is 5.91 Å². The first-order chi connectivity index (χ1) is 14.8. The third-order valence-corrected chi connectivity index (χ3v) is 5.32. The number of pyridine rings is 1. The van der Waals surface area contributed by atoms with Crippen LogP contribution in [0.2, 0.25) is 0 Å². The number of alkyl carbamates (subject to hydrolysis) is 1. The molecule has 2 aromatic rings. The summed E-state index contributed by atoms with van der Waals surface area (Å²) in [6, 6.07) is 7.16. The molecule has 166 valence electrons. The van der Waals surface area contributed by atoms with E-state index in [9.17, 15) is 9.59 Å². The average Bonchev–Trinajstić information content (AvgIpc) is 3.34. The van der Waals surface area contributed by atoms with Crippen LogP contribution >= 0.6 is 0 Å². The predicted molar refractivity (Wildman–Crippen MR) is 113 cm³/mol. The van der Waals surface area contributed by atoms with Gasteiger partial charge in [-0.2, -0.15) is 5.10 Å². The number of fused-ring (bicyclic) bond motifs is 7.